The number of aromatic nitrogens is 2. The first-order valence-electron chi connectivity index (χ1n) is 7.19. The summed E-state index contributed by atoms with van der Waals surface area (Å²) in [5, 5.41) is 7.36. The summed E-state index contributed by atoms with van der Waals surface area (Å²) in [6.07, 6.45) is 0. The number of aryl methyl sites for hydroxylation is 2. The van der Waals surface area contributed by atoms with Crippen molar-refractivity contribution >= 4 is 21.1 Å². The Morgan fingerprint density at radius 2 is 1.91 bits per heavy atom. The predicted molar refractivity (Wildman–Crippen MR) is 86.5 cm³/mol. The van der Waals surface area contributed by atoms with Gasteiger partial charge in [0.2, 0.25) is 10.0 Å². The number of sulfonamides is 1. The smallest absolute Gasteiger partial charge is 0.243 e. The molecule has 0 bridgehead atoms. The zero-order chi connectivity index (χ0) is 16.6. The van der Waals surface area contributed by atoms with Crippen molar-refractivity contribution < 1.29 is 13.0 Å². The summed E-state index contributed by atoms with van der Waals surface area (Å²) >= 11 is 0. The maximum Gasteiger partial charge on any atom is 0.243 e. The van der Waals surface area contributed by atoms with Crippen LogP contribution in [0.4, 0.5) is 0 Å². The van der Waals surface area contributed by atoms with E-state index >= 15 is 0 Å². The van der Waals surface area contributed by atoms with Gasteiger partial charge in [-0.1, -0.05) is 29.8 Å². The molecule has 7 heteroatoms. The lowest BCUT2D eigenvalue weighted by molar-refractivity contribution is 0.315. The highest BCUT2D eigenvalue weighted by atomic mass is 32.2. The fourth-order valence-corrected chi connectivity index (χ4v) is 4.04. The molecule has 23 heavy (non-hydrogen) atoms. The standard InChI is InChI=1S/C16H17N3O3S/c1-10-7-8-13(11(2)9-10)12(3)19-23(20,21)15-6-4-5-14-16(15)18-22-17-14/h4-9,12,19H,1-3H3/t12-/m1/s1. The Kier molecular flexibility index (Phi) is 3.91. The third kappa shape index (κ3) is 2.97. The maximum absolute atomic E-state index is 12.7. The SMILES string of the molecule is Cc1ccc([C@@H](C)NS(=O)(=O)c2cccc3nonc23)c(C)c1. The summed E-state index contributed by atoms with van der Waals surface area (Å²) in [6.45, 7) is 5.79. The monoisotopic (exact) mass is 331 g/mol. The number of rotatable bonds is 4. The van der Waals surface area contributed by atoms with E-state index in [1.165, 1.54) is 6.07 Å². The number of nitrogens with one attached hydrogen (secondary N) is 1. The molecule has 0 saturated carbocycles. The van der Waals surface area contributed by atoms with Crippen molar-refractivity contribution in [1.82, 2.24) is 15.0 Å². The van der Waals surface area contributed by atoms with Gasteiger partial charge in [-0.25, -0.2) is 17.8 Å². The molecule has 3 aromatic rings. The molecule has 0 fully saturated rings. The minimum atomic E-state index is -3.74. The largest absolute Gasteiger partial charge is 0.243 e. The van der Waals surface area contributed by atoms with Crippen molar-refractivity contribution in [3.05, 3.63) is 53.1 Å². The van der Waals surface area contributed by atoms with Gasteiger partial charge in [0.25, 0.3) is 0 Å². The van der Waals surface area contributed by atoms with Gasteiger partial charge in [-0.05, 0) is 54.3 Å². The molecule has 1 heterocycles. The summed E-state index contributed by atoms with van der Waals surface area (Å²) in [6, 6.07) is 10.3. The van der Waals surface area contributed by atoms with E-state index in [4.69, 9.17) is 0 Å². The first-order chi connectivity index (χ1) is 10.9. The molecule has 0 radical (unpaired) electrons. The predicted octanol–water partition coefficient (Wildman–Crippen LogP) is 2.88. The molecular formula is C16H17N3O3S. The molecule has 1 atom stereocenters. The molecule has 120 valence electrons. The van der Waals surface area contributed by atoms with E-state index in [1.807, 2.05) is 39.0 Å². The van der Waals surface area contributed by atoms with E-state index in [0.717, 1.165) is 16.7 Å². The first kappa shape index (κ1) is 15.6. The van der Waals surface area contributed by atoms with E-state index in [0.29, 0.717) is 5.52 Å². The van der Waals surface area contributed by atoms with Crippen LogP contribution in [0.25, 0.3) is 11.0 Å². The first-order valence-corrected chi connectivity index (χ1v) is 8.67. The van der Waals surface area contributed by atoms with E-state index in [-0.39, 0.29) is 16.5 Å². The van der Waals surface area contributed by atoms with Crippen molar-refractivity contribution in [2.75, 3.05) is 0 Å². The summed E-state index contributed by atoms with van der Waals surface area (Å²) in [5.41, 5.74) is 3.76. The molecule has 1 N–H and O–H groups in total. The lowest BCUT2D eigenvalue weighted by Crippen LogP contribution is -2.27. The minimum absolute atomic E-state index is 0.0628. The van der Waals surface area contributed by atoms with E-state index in [9.17, 15) is 8.42 Å². The third-order valence-electron chi connectivity index (χ3n) is 3.76. The summed E-state index contributed by atoms with van der Waals surface area (Å²) in [4.78, 5) is 0.0628. The van der Waals surface area contributed by atoms with E-state index in [2.05, 4.69) is 19.7 Å². The quantitative estimate of drug-likeness (QED) is 0.794. The number of hydrogen-bond acceptors (Lipinski definition) is 5. The second-order valence-corrected chi connectivity index (χ2v) is 7.27. The number of hydrogen-bond donors (Lipinski definition) is 1. The van der Waals surface area contributed by atoms with Gasteiger partial charge in [-0.2, -0.15) is 0 Å². The van der Waals surface area contributed by atoms with Gasteiger partial charge in [0.05, 0.1) is 0 Å². The lowest BCUT2D eigenvalue weighted by atomic mass is 10.0. The highest BCUT2D eigenvalue weighted by molar-refractivity contribution is 7.89. The van der Waals surface area contributed by atoms with Crippen LogP contribution in [0.5, 0.6) is 0 Å². The Labute approximate surface area is 134 Å². The van der Waals surface area contributed by atoms with Gasteiger partial charge in [0.1, 0.15) is 10.4 Å². The molecule has 0 unspecified atom stereocenters. The topological polar surface area (TPSA) is 85.1 Å². The molecule has 1 aromatic heterocycles. The summed E-state index contributed by atoms with van der Waals surface area (Å²) in [7, 11) is -3.74. The molecular weight excluding hydrogens is 314 g/mol. The zero-order valence-corrected chi connectivity index (χ0v) is 13.9. The van der Waals surface area contributed by atoms with E-state index < -0.39 is 10.0 Å². The van der Waals surface area contributed by atoms with Crippen LogP contribution in [-0.2, 0) is 10.0 Å². The van der Waals surface area contributed by atoms with Crippen LogP contribution in [0.1, 0.15) is 29.7 Å². The average molecular weight is 331 g/mol. The van der Waals surface area contributed by atoms with Crippen LogP contribution in [0.2, 0.25) is 0 Å². The second-order valence-electron chi connectivity index (χ2n) is 5.59. The molecule has 0 saturated heterocycles. The number of fused-ring (bicyclic) bond motifs is 1. The van der Waals surface area contributed by atoms with Crippen LogP contribution in [0.15, 0.2) is 45.9 Å². The zero-order valence-electron chi connectivity index (χ0n) is 13.1. The Hall–Kier alpha value is -2.25. The van der Waals surface area contributed by atoms with Crippen LogP contribution < -0.4 is 4.72 Å². The van der Waals surface area contributed by atoms with Crippen LogP contribution in [0, 0.1) is 13.8 Å². The Morgan fingerprint density at radius 1 is 1.13 bits per heavy atom. The molecule has 0 aliphatic heterocycles. The highest BCUT2D eigenvalue weighted by Crippen LogP contribution is 2.24. The average Bonchev–Trinajstić information content (AvgIpc) is 2.94. The molecule has 0 spiro atoms. The molecule has 2 aromatic carbocycles. The van der Waals surface area contributed by atoms with Crippen molar-refractivity contribution in [3.63, 3.8) is 0 Å². The number of nitrogens with zero attached hydrogens (tertiary/aromatic N) is 2. The molecule has 0 aliphatic carbocycles. The van der Waals surface area contributed by atoms with Crippen molar-refractivity contribution in [2.24, 2.45) is 0 Å². The maximum atomic E-state index is 12.7. The van der Waals surface area contributed by atoms with Crippen LogP contribution in [0.3, 0.4) is 0 Å². The summed E-state index contributed by atoms with van der Waals surface area (Å²) < 4.78 is 32.7. The van der Waals surface area contributed by atoms with Gasteiger partial charge in [-0.15, -0.1) is 0 Å². The molecule has 0 aliphatic rings. The van der Waals surface area contributed by atoms with E-state index in [1.54, 1.807) is 12.1 Å². The van der Waals surface area contributed by atoms with Gasteiger partial charge in [0.15, 0.2) is 5.52 Å². The normalized spacial score (nSPS) is 13.3. The Morgan fingerprint density at radius 3 is 2.65 bits per heavy atom. The fourth-order valence-electron chi connectivity index (χ4n) is 2.67. The second kappa shape index (κ2) is 5.75. The molecule has 3 rings (SSSR count). The van der Waals surface area contributed by atoms with Crippen molar-refractivity contribution in [3.8, 4) is 0 Å². The summed E-state index contributed by atoms with van der Waals surface area (Å²) in [5.74, 6) is 0. The molecule has 6 nitrogen and oxygen atoms in total. The Bertz CT molecular complexity index is 964. The van der Waals surface area contributed by atoms with Gasteiger partial charge < -0.3 is 0 Å². The lowest BCUT2D eigenvalue weighted by Gasteiger charge is -2.17. The van der Waals surface area contributed by atoms with Crippen LogP contribution >= 0.6 is 0 Å². The highest BCUT2D eigenvalue weighted by Gasteiger charge is 2.23. The van der Waals surface area contributed by atoms with Crippen molar-refractivity contribution in [1.29, 1.82) is 0 Å². The Balaban J connectivity index is 1.96. The fraction of sp³-hybridized carbons (Fsp3) is 0.250. The molecule has 0 amide bonds. The minimum Gasteiger partial charge on any atom is -0.243 e. The third-order valence-corrected chi connectivity index (χ3v) is 5.33. The van der Waals surface area contributed by atoms with Gasteiger partial charge in [0, 0.05) is 6.04 Å². The van der Waals surface area contributed by atoms with Crippen LogP contribution in [-0.4, -0.2) is 18.7 Å². The van der Waals surface area contributed by atoms with Gasteiger partial charge in [-0.3, -0.25) is 0 Å². The van der Waals surface area contributed by atoms with Crippen molar-refractivity contribution in [2.45, 2.75) is 31.7 Å². The number of benzene rings is 2. The van der Waals surface area contributed by atoms with Gasteiger partial charge >= 0.3 is 0 Å².